The van der Waals surface area contributed by atoms with Crippen LogP contribution in [0.25, 0.3) is 11.0 Å². The Labute approximate surface area is 146 Å². The van der Waals surface area contributed by atoms with Crippen LogP contribution in [0.15, 0.2) is 47.4 Å². The normalized spacial score (nSPS) is 11.6. The molecule has 1 N–H and O–H groups in total. The number of nitrogens with zero attached hydrogens (tertiary/aromatic N) is 2. The molecule has 0 spiro atoms. The highest BCUT2D eigenvalue weighted by Gasteiger charge is 2.18. The van der Waals surface area contributed by atoms with E-state index in [1.807, 2.05) is 35.9 Å². The predicted octanol–water partition coefficient (Wildman–Crippen LogP) is 2.07. The number of aromatic nitrogens is 2. The number of sulfonamides is 1. The van der Waals surface area contributed by atoms with Gasteiger partial charge in [0.05, 0.1) is 36.7 Å². The van der Waals surface area contributed by atoms with Crippen molar-refractivity contribution in [2.24, 2.45) is 7.05 Å². The number of rotatable bonds is 6. The number of ether oxygens (including phenoxy) is 2. The minimum atomic E-state index is -3.71. The minimum absolute atomic E-state index is 0.0852. The number of hydrogen-bond acceptors (Lipinski definition) is 5. The minimum Gasteiger partial charge on any atom is -0.493 e. The molecule has 0 radical (unpaired) electrons. The summed E-state index contributed by atoms with van der Waals surface area (Å²) >= 11 is 0. The zero-order valence-electron chi connectivity index (χ0n) is 14.2. The van der Waals surface area contributed by atoms with Gasteiger partial charge in [-0.2, -0.15) is 0 Å². The maximum absolute atomic E-state index is 12.6. The molecule has 25 heavy (non-hydrogen) atoms. The lowest BCUT2D eigenvalue weighted by molar-refractivity contribution is 0.354. The van der Waals surface area contributed by atoms with Gasteiger partial charge < -0.3 is 14.0 Å². The molecule has 1 aromatic heterocycles. The third-order valence-electron chi connectivity index (χ3n) is 3.97. The molecule has 7 nitrogen and oxygen atoms in total. The Morgan fingerprint density at radius 2 is 1.80 bits per heavy atom. The van der Waals surface area contributed by atoms with Crippen LogP contribution in [0, 0.1) is 0 Å². The second-order valence-corrected chi connectivity index (χ2v) is 7.18. The highest BCUT2D eigenvalue weighted by Crippen LogP contribution is 2.29. The molecule has 0 aliphatic rings. The van der Waals surface area contributed by atoms with Gasteiger partial charge in [-0.15, -0.1) is 0 Å². The van der Waals surface area contributed by atoms with Gasteiger partial charge >= 0.3 is 0 Å². The van der Waals surface area contributed by atoms with E-state index < -0.39 is 10.0 Å². The van der Waals surface area contributed by atoms with E-state index in [1.165, 1.54) is 26.4 Å². The van der Waals surface area contributed by atoms with Gasteiger partial charge in [0, 0.05) is 13.1 Å². The Morgan fingerprint density at radius 3 is 2.48 bits per heavy atom. The Morgan fingerprint density at radius 1 is 1.08 bits per heavy atom. The van der Waals surface area contributed by atoms with Crippen molar-refractivity contribution in [2.75, 3.05) is 14.2 Å². The van der Waals surface area contributed by atoms with Crippen LogP contribution in [0.3, 0.4) is 0 Å². The average Bonchev–Trinajstić information content (AvgIpc) is 2.95. The van der Waals surface area contributed by atoms with Crippen LogP contribution in [-0.2, 0) is 23.6 Å². The predicted molar refractivity (Wildman–Crippen MR) is 94.3 cm³/mol. The fourth-order valence-electron chi connectivity index (χ4n) is 2.58. The van der Waals surface area contributed by atoms with Gasteiger partial charge in [-0.3, -0.25) is 0 Å². The summed E-state index contributed by atoms with van der Waals surface area (Å²) in [6.07, 6.45) is 0. The SMILES string of the molecule is COc1ccc(S(=O)(=O)NCc2nc3ccccc3n2C)cc1OC. The first-order chi connectivity index (χ1) is 12.0. The maximum atomic E-state index is 12.6. The first kappa shape index (κ1) is 17.2. The second kappa shape index (κ2) is 6.73. The number of imidazole rings is 1. The molecule has 0 bridgehead atoms. The van der Waals surface area contributed by atoms with Gasteiger partial charge in [-0.1, -0.05) is 12.1 Å². The summed E-state index contributed by atoms with van der Waals surface area (Å²) < 4.78 is 39.8. The summed E-state index contributed by atoms with van der Waals surface area (Å²) in [6.45, 7) is 0.0852. The van der Waals surface area contributed by atoms with E-state index in [2.05, 4.69) is 9.71 Å². The number of aryl methyl sites for hydroxylation is 1. The van der Waals surface area contributed by atoms with E-state index in [0.29, 0.717) is 17.3 Å². The van der Waals surface area contributed by atoms with Crippen molar-refractivity contribution in [2.45, 2.75) is 11.4 Å². The lowest BCUT2D eigenvalue weighted by atomic mass is 10.3. The van der Waals surface area contributed by atoms with Gasteiger partial charge in [-0.05, 0) is 24.3 Å². The van der Waals surface area contributed by atoms with E-state index in [-0.39, 0.29) is 11.4 Å². The smallest absolute Gasteiger partial charge is 0.241 e. The average molecular weight is 361 g/mol. The molecule has 0 aliphatic heterocycles. The Kier molecular flexibility index (Phi) is 4.65. The van der Waals surface area contributed by atoms with Crippen LogP contribution in [0.2, 0.25) is 0 Å². The van der Waals surface area contributed by atoms with Gasteiger partial charge in [0.1, 0.15) is 5.82 Å². The van der Waals surface area contributed by atoms with E-state index >= 15 is 0 Å². The van der Waals surface area contributed by atoms with E-state index in [0.717, 1.165) is 11.0 Å². The number of benzene rings is 2. The van der Waals surface area contributed by atoms with Crippen molar-refractivity contribution in [1.82, 2.24) is 14.3 Å². The Hall–Kier alpha value is -2.58. The van der Waals surface area contributed by atoms with Gasteiger partial charge in [-0.25, -0.2) is 18.1 Å². The Bertz CT molecular complexity index is 1010. The van der Waals surface area contributed by atoms with Crippen molar-refractivity contribution >= 4 is 21.1 Å². The van der Waals surface area contributed by atoms with Crippen molar-refractivity contribution in [1.29, 1.82) is 0 Å². The van der Waals surface area contributed by atoms with Crippen molar-refractivity contribution in [3.63, 3.8) is 0 Å². The summed E-state index contributed by atoms with van der Waals surface area (Å²) in [5.41, 5.74) is 1.77. The summed E-state index contributed by atoms with van der Waals surface area (Å²) in [6, 6.07) is 12.1. The van der Waals surface area contributed by atoms with Crippen molar-refractivity contribution < 1.29 is 17.9 Å². The molecule has 132 valence electrons. The molecule has 0 saturated heterocycles. The highest BCUT2D eigenvalue weighted by atomic mass is 32.2. The topological polar surface area (TPSA) is 82.5 Å². The molecule has 2 aromatic carbocycles. The lowest BCUT2D eigenvalue weighted by Crippen LogP contribution is -2.24. The number of fused-ring (bicyclic) bond motifs is 1. The number of methoxy groups -OCH3 is 2. The van der Waals surface area contributed by atoms with Crippen LogP contribution in [0.5, 0.6) is 11.5 Å². The van der Waals surface area contributed by atoms with Gasteiger partial charge in [0.15, 0.2) is 11.5 Å². The number of para-hydroxylation sites is 2. The molecule has 0 fully saturated rings. The fourth-order valence-corrected chi connectivity index (χ4v) is 3.58. The molecule has 1 heterocycles. The lowest BCUT2D eigenvalue weighted by Gasteiger charge is -2.11. The molecule has 0 atom stereocenters. The molecular weight excluding hydrogens is 342 g/mol. The zero-order chi connectivity index (χ0) is 18.0. The molecule has 3 aromatic rings. The molecule has 0 saturated carbocycles. The van der Waals surface area contributed by atoms with Gasteiger partial charge in [0.25, 0.3) is 0 Å². The molecule has 3 rings (SSSR count). The number of hydrogen-bond donors (Lipinski definition) is 1. The molecule has 0 aliphatic carbocycles. The van der Waals surface area contributed by atoms with Crippen molar-refractivity contribution in [3.05, 3.63) is 48.3 Å². The molecule has 0 unspecified atom stereocenters. The fraction of sp³-hybridized carbons (Fsp3) is 0.235. The number of nitrogens with one attached hydrogen (secondary N) is 1. The summed E-state index contributed by atoms with van der Waals surface area (Å²) in [5, 5.41) is 0. The van der Waals surface area contributed by atoms with Crippen LogP contribution in [0.1, 0.15) is 5.82 Å². The molecular formula is C17H19N3O4S. The summed E-state index contributed by atoms with van der Waals surface area (Å²) in [7, 11) is 1.10. The largest absolute Gasteiger partial charge is 0.493 e. The van der Waals surface area contributed by atoms with Crippen LogP contribution in [-0.4, -0.2) is 32.2 Å². The molecule has 8 heteroatoms. The van der Waals surface area contributed by atoms with Crippen molar-refractivity contribution in [3.8, 4) is 11.5 Å². The third-order valence-corrected chi connectivity index (χ3v) is 5.36. The second-order valence-electron chi connectivity index (χ2n) is 5.42. The molecule has 0 amide bonds. The van der Waals surface area contributed by atoms with E-state index in [9.17, 15) is 8.42 Å². The van der Waals surface area contributed by atoms with E-state index in [4.69, 9.17) is 9.47 Å². The third kappa shape index (κ3) is 3.31. The Balaban J connectivity index is 1.85. The van der Waals surface area contributed by atoms with Crippen LogP contribution in [0.4, 0.5) is 0 Å². The monoisotopic (exact) mass is 361 g/mol. The van der Waals surface area contributed by atoms with Crippen LogP contribution < -0.4 is 14.2 Å². The quantitative estimate of drug-likeness (QED) is 0.727. The summed E-state index contributed by atoms with van der Waals surface area (Å²) in [4.78, 5) is 4.56. The standard InChI is InChI=1S/C17H19N3O4S/c1-20-14-7-5-4-6-13(14)19-17(20)11-18-25(21,22)12-8-9-15(23-2)16(10-12)24-3/h4-10,18H,11H2,1-3H3. The first-order valence-corrected chi connectivity index (χ1v) is 9.06. The van der Waals surface area contributed by atoms with Crippen LogP contribution >= 0.6 is 0 Å². The first-order valence-electron chi connectivity index (χ1n) is 7.58. The highest BCUT2D eigenvalue weighted by molar-refractivity contribution is 7.89. The summed E-state index contributed by atoms with van der Waals surface area (Å²) in [5.74, 6) is 1.45. The maximum Gasteiger partial charge on any atom is 0.241 e. The van der Waals surface area contributed by atoms with E-state index in [1.54, 1.807) is 6.07 Å². The van der Waals surface area contributed by atoms with Gasteiger partial charge in [0.2, 0.25) is 10.0 Å². The zero-order valence-corrected chi connectivity index (χ0v) is 15.0.